The zero-order valence-electron chi connectivity index (χ0n) is 14.5. The molecule has 2 N–H and O–H groups in total. The number of fused-ring (bicyclic) bond motifs is 1. The first-order valence-corrected chi connectivity index (χ1v) is 9.57. The number of hydrogen-bond acceptors (Lipinski definition) is 7. The molecule has 1 aromatic heterocycles. The van der Waals surface area contributed by atoms with E-state index in [1.807, 2.05) is 0 Å². The molecule has 0 atom stereocenters. The van der Waals surface area contributed by atoms with Crippen molar-refractivity contribution in [3.8, 4) is 11.4 Å². The number of benzene rings is 2. The maximum atomic E-state index is 12.6. The molecule has 0 bridgehead atoms. The van der Waals surface area contributed by atoms with E-state index >= 15 is 0 Å². The van der Waals surface area contributed by atoms with Crippen LogP contribution in [0.15, 0.2) is 51.9 Å². The van der Waals surface area contributed by atoms with Crippen LogP contribution in [-0.2, 0) is 16.2 Å². The van der Waals surface area contributed by atoms with Gasteiger partial charge in [-0.25, -0.2) is 8.42 Å². The molecule has 0 saturated carbocycles. The summed E-state index contributed by atoms with van der Waals surface area (Å²) in [5, 5.41) is 5.30. The topological polar surface area (TPSA) is 131 Å². The highest BCUT2D eigenvalue weighted by molar-refractivity contribution is 7.92. The minimum absolute atomic E-state index is 0.0594. The number of aromatic nitrogens is 2. The largest absolute Gasteiger partial charge is 0.471 e. The Labute approximate surface area is 165 Å². The number of sulfonamides is 1. The van der Waals surface area contributed by atoms with Gasteiger partial charge in [0.1, 0.15) is 0 Å². The molecule has 0 aliphatic carbocycles. The molecule has 2 aromatic carbocycles. The van der Waals surface area contributed by atoms with Gasteiger partial charge < -0.3 is 4.52 Å². The van der Waals surface area contributed by atoms with Crippen molar-refractivity contribution in [3.05, 3.63) is 59.5 Å². The van der Waals surface area contributed by atoms with Gasteiger partial charge in [0.05, 0.1) is 16.0 Å². The van der Waals surface area contributed by atoms with Gasteiger partial charge in [-0.3, -0.25) is 19.6 Å². The molecule has 0 saturated heterocycles. The van der Waals surface area contributed by atoms with Crippen LogP contribution >= 0.6 is 0 Å². The van der Waals surface area contributed by atoms with Gasteiger partial charge in [0.25, 0.3) is 21.8 Å². The Hall–Kier alpha value is -3.74. The Morgan fingerprint density at radius 2 is 1.63 bits per heavy atom. The van der Waals surface area contributed by atoms with Gasteiger partial charge in [0.15, 0.2) is 0 Å². The van der Waals surface area contributed by atoms with Gasteiger partial charge in [0.2, 0.25) is 5.82 Å². The van der Waals surface area contributed by atoms with Crippen molar-refractivity contribution in [2.75, 3.05) is 4.72 Å². The van der Waals surface area contributed by atoms with Gasteiger partial charge in [-0.1, -0.05) is 5.16 Å². The number of imide groups is 1. The molecule has 1 aliphatic heterocycles. The molecule has 0 spiro atoms. The standard InChI is InChI=1S/C17H9F3N4O5S/c18-17(19,20)16-21-13(23-29-16)8-1-3-9(4-2-8)24-30(27,28)10-5-6-11-12(7-10)15(26)22-14(11)25/h1-7,24H,(H,22,25,26). The van der Waals surface area contributed by atoms with Crippen LogP contribution in [0.5, 0.6) is 0 Å². The van der Waals surface area contributed by atoms with E-state index < -0.39 is 33.9 Å². The second kappa shape index (κ2) is 6.66. The maximum absolute atomic E-state index is 12.6. The Morgan fingerprint density at radius 3 is 2.27 bits per heavy atom. The first-order chi connectivity index (χ1) is 14.0. The molecule has 1 aliphatic rings. The lowest BCUT2D eigenvalue weighted by molar-refractivity contribution is -0.159. The molecule has 0 unspecified atom stereocenters. The van der Waals surface area contributed by atoms with E-state index in [0.29, 0.717) is 0 Å². The van der Waals surface area contributed by atoms with Crippen LogP contribution in [0.2, 0.25) is 0 Å². The lowest BCUT2D eigenvalue weighted by Gasteiger charge is -2.09. The lowest BCUT2D eigenvalue weighted by atomic mass is 10.1. The summed E-state index contributed by atoms with van der Waals surface area (Å²) >= 11 is 0. The van der Waals surface area contributed by atoms with Gasteiger partial charge in [-0.2, -0.15) is 18.2 Å². The van der Waals surface area contributed by atoms with Crippen molar-refractivity contribution in [2.24, 2.45) is 0 Å². The van der Waals surface area contributed by atoms with E-state index in [-0.39, 0.29) is 33.1 Å². The average Bonchev–Trinajstić information content (AvgIpc) is 3.28. The highest BCUT2D eigenvalue weighted by atomic mass is 32.2. The third kappa shape index (κ3) is 3.50. The molecule has 13 heteroatoms. The quantitative estimate of drug-likeness (QED) is 0.598. The summed E-state index contributed by atoms with van der Waals surface area (Å²) in [5.41, 5.74) is 0.279. The third-order valence-corrected chi connectivity index (χ3v) is 5.46. The second-order valence-electron chi connectivity index (χ2n) is 6.09. The number of carbonyl (C=O) groups excluding carboxylic acids is 2. The van der Waals surface area contributed by atoms with Crippen LogP contribution in [0, 0.1) is 0 Å². The summed E-state index contributed by atoms with van der Waals surface area (Å²) in [6, 6.07) is 8.66. The summed E-state index contributed by atoms with van der Waals surface area (Å²) in [7, 11) is -4.11. The van der Waals surface area contributed by atoms with E-state index in [4.69, 9.17) is 0 Å². The summed E-state index contributed by atoms with van der Waals surface area (Å²) < 4.78 is 69.2. The Balaban J connectivity index is 1.56. The average molecular weight is 438 g/mol. The van der Waals surface area contributed by atoms with Gasteiger partial charge in [-0.15, -0.1) is 0 Å². The zero-order chi connectivity index (χ0) is 21.7. The molecule has 154 valence electrons. The zero-order valence-corrected chi connectivity index (χ0v) is 15.3. The Morgan fingerprint density at radius 1 is 0.967 bits per heavy atom. The molecule has 4 rings (SSSR count). The fourth-order valence-corrected chi connectivity index (χ4v) is 3.76. The van der Waals surface area contributed by atoms with E-state index in [1.165, 1.54) is 36.4 Å². The van der Waals surface area contributed by atoms with E-state index in [2.05, 4.69) is 24.7 Å². The molecular weight excluding hydrogens is 429 g/mol. The van der Waals surface area contributed by atoms with Crippen molar-refractivity contribution >= 4 is 27.5 Å². The lowest BCUT2D eigenvalue weighted by Crippen LogP contribution is -2.19. The minimum atomic E-state index is -4.78. The van der Waals surface area contributed by atoms with Crippen molar-refractivity contribution in [3.63, 3.8) is 0 Å². The Kier molecular flexibility index (Phi) is 4.34. The molecular formula is C17H9F3N4O5S. The molecule has 0 radical (unpaired) electrons. The minimum Gasteiger partial charge on any atom is -0.329 e. The van der Waals surface area contributed by atoms with Crippen molar-refractivity contribution < 1.29 is 35.7 Å². The highest BCUT2D eigenvalue weighted by Crippen LogP contribution is 2.30. The van der Waals surface area contributed by atoms with Crippen molar-refractivity contribution in [2.45, 2.75) is 11.1 Å². The number of amides is 2. The van der Waals surface area contributed by atoms with Crippen molar-refractivity contribution in [1.82, 2.24) is 15.5 Å². The number of rotatable bonds is 4. The summed E-state index contributed by atoms with van der Waals surface area (Å²) in [6.45, 7) is 0. The van der Waals surface area contributed by atoms with E-state index in [1.54, 1.807) is 0 Å². The normalized spacial score (nSPS) is 13.8. The molecule has 9 nitrogen and oxygen atoms in total. The second-order valence-corrected chi connectivity index (χ2v) is 7.78. The molecule has 2 heterocycles. The van der Waals surface area contributed by atoms with Crippen molar-refractivity contribution in [1.29, 1.82) is 0 Å². The monoisotopic (exact) mass is 438 g/mol. The molecule has 3 aromatic rings. The van der Waals surface area contributed by atoms with Crippen LogP contribution in [0.1, 0.15) is 26.6 Å². The number of nitrogens with one attached hydrogen (secondary N) is 2. The van der Waals surface area contributed by atoms with Crippen LogP contribution in [0.4, 0.5) is 18.9 Å². The van der Waals surface area contributed by atoms with Gasteiger partial charge in [0, 0.05) is 11.3 Å². The van der Waals surface area contributed by atoms with Crippen LogP contribution in [-0.4, -0.2) is 30.4 Å². The van der Waals surface area contributed by atoms with Crippen LogP contribution in [0.25, 0.3) is 11.4 Å². The SMILES string of the molecule is O=C1NC(=O)c2cc(S(=O)(=O)Nc3ccc(-c4noc(C(F)(F)F)n4)cc3)ccc21. The smallest absolute Gasteiger partial charge is 0.329 e. The fraction of sp³-hybridized carbons (Fsp3) is 0.0588. The predicted octanol–water partition coefficient (Wildman–Crippen LogP) is 2.44. The summed E-state index contributed by atoms with van der Waals surface area (Å²) in [5.74, 6) is -3.13. The summed E-state index contributed by atoms with van der Waals surface area (Å²) in [6.07, 6.45) is -4.78. The first kappa shape index (κ1) is 19.6. The summed E-state index contributed by atoms with van der Waals surface area (Å²) in [4.78, 5) is 26.3. The number of nitrogens with zero attached hydrogens (tertiary/aromatic N) is 2. The number of hydrogen-bond donors (Lipinski definition) is 2. The predicted molar refractivity (Wildman–Crippen MR) is 93.8 cm³/mol. The number of anilines is 1. The van der Waals surface area contributed by atoms with Gasteiger partial charge >= 0.3 is 12.1 Å². The van der Waals surface area contributed by atoms with E-state index in [9.17, 15) is 31.2 Å². The van der Waals surface area contributed by atoms with Crippen LogP contribution < -0.4 is 10.0 Å². The number of halogens is 3. The Bertz CT molecular complexity index is 1280. The molecule has 0 fully saturated rings. The van der Waals surface area contributed by atoms with Crippen LogP contribution in [0.3, 0.4) is 0 Å². The van der Waals surface area contributed by atoms with E-state index in [0.717, 1.165) is 6.07 Å². The van der Waals surface area contributed by atoms with Gasteiger partial charge in [-0.05, 0) is 42.5 Å². The fourth-order valence-electron chi connectivity index (χ4n) is 2.67. The highest BCUT2D eigenvalue weighted by Gasteiger charge is 2.38. The molecule has 2 amide bonds. The third-order valence-electron chi connectivity index (χ3n) is 4.08. The number of alkyl halides is 3. The molecule has 30 heavy (non-hydrogen) atoms. The number of carbonyl (C=O) groups is 2. The maximum Gasteiger partial charge on any atom is 0.471 e. The first-order valence-electron chi connectivity index (χ1n) is 8.08.